The van der Waals surface area contributed by atoms with Crippen molar-refractivity contribution < 1.29 is 14.7 Å². The van der Waals surface area contributed by atoms with E-state index in [9.17, 15) is 19.5 Å². The van der Waals surface area contributed by atoms with Crippen LogP contribution in [0.2, 0.25) is 0 Å². The number of amides is 2. The van der Waals surface area contributed by atoms with Gasteiger partial charge in [-0.05, 0) is 24.5 Å². The molecule has 1 fully saturated rings. The number of nitrogens with zero attached hydrogens (tertiary/aromatic N) is 2. The standard InChI is InChI=1S/C20H23N3O4/c24-18-10-4-5-11-22(18)14-17(15-7-2-1-3-8-15)21-20(27)23-12-6-9-16(13-23)19(25)26/h1-5,7-8,10-11,16-17H,6,9,12-14H2,(H,21,27)(H,25,26). The van der Waals surface area contributed by atoms with Gasteiger partial charge in [-0.1, -0.05) is 36.4 Å². The average Bonchev–Trinajstić information content (AvgIpc) is 2.69. The number of carbonyl (C=O) groups excluding carboxylic acids is 1. The molecule has 0 aliphatic carbocycles. The maximum absolute atomic E-state index is 12.8. The fourth-order valence-corrected chi connectivity index (χ4v) is 3.33. The lowest BCUT2D eigenvalue weighted by molar-refractivity contribution is -0.143. The summed E-state index contributed by atoms with van der Waals surface area (Å²) in [6.45, 7) is 1.03. The Kier molecular flexibility index (Phi) is 5.90. The van der Waals surface area contributed by atoms with Crippen LogP contribution < -0.4 is 10.9 Å². The highest BCUT2D eigenvalue weighted by atomic mass is 16.4. The summed E-state index contributed by atoms with van der Waals surface area (Å²) in [5, 5.41) is 12.2. The third kappa shape index (κ3) is 4.75. The Labute approximate surface area is 157 Å². The second kappa shape index (κ2) is 8.53. The van der Waals surface area contributed by atoms with E-state index in [-0.39, 0.29) is 18.1 Å². The van der Waals surface area contributed by atoms with Crippen molar-refractivity contribution >= 4 is 12.0 Å². The lowest BCUT2D eigenvalue weighted by atomic mass is 9.98. The Morgan fingerprint density at radius 1 is 1.15 bits per heavy atom. The van der Waals surface area contributed by atoms with Gasteiger partial charge in [0.05, 0.1) is 18.5 Å². The highest BCUT2D eigenvalue weighted by Gasteiger charge is 2.29. The number of carbonyl (C=O) groups is 2. The van der Waals surface area contributed by atoms with Gasteiger partial charge in [0.2, 0.25) is 0 Å². The van der Waals surface area contributed by atoms with Crippen molar-refractivity contribution in [2.24, 2.45) is 5.92 Å². The first-order chi connectivity index (χ1) is 13.0. The zero-order valence-corrected chi connectivity index (χ0v) is 15.0. The molecule has 0 radical (unpaired) electrons. The van der Waals surface area contributed by atoms with E-state index in [1.54, 1.807) is 27.8 Å². The molecule has 7 nitrogen and oxygen atoms in total. The van der Waals surface area contributed by atoms with E-state index in [1.807, 2.05) is 30.3 Å². The summed E-state index contributed by atoms with van der Waals surface area (Å²) >= 11 is 0. The highest BCUT2D eigenvalue weighted by molar-refractivity contribution is 5.77. The summed E-state index contributed by atoms with van der Waals surface area (Å²) in [4.78, 5) is 37.6. The van der Waals surface area contributed by atoms with Crippen molar-refractivity contribution in [2.75, 3.05) is 13.1 Å². The number of hydrogen-bond donors (Lipinski definition) is 2. The first-order valence-corrected chi connectivity index (χ1v) is 9.03. The van der Waals surface area contributed by atoms with Gasteiger partial charge in [-0.25, -0.2) is 4.79 Å². The van der Waals surface area contributed by atoms with E-state index in [4.69, 9.17) is 0 Å². The van der Waals surface area contributed by atoms with E-state index in [0.29, 0.717) is 25.9 Å². The predicted octanol–water partition coefficient (Wildman–Crippen LogP) is 2.10. The maximum atomic E-state index is 12.8. The van der Waals surface area contributed by atoms with Crippen LogP contribution in [-0.2, 0) is 11.3 Å². The molecule has 3 rings (SSSR count). The topological polar surface area (TPSA) is 91.6 Å². The van der Waals surface area contributed by atoms with Crippen LogP contribution in [0.15, 0.2) is 59.5 Å². The second-order valence-electron chi connectivity index (χ2n) is 6.73. The van der Waals surface area contributed by atoms with Gasteiger partial charge in [0.1, 0.15) is 0 Å². The molecule has 1 saturated heterocycles. The van der Waals surface area contributed by atoms with E-state index in [2.05, 4.69) is 5.32 Å². The zero-order chi connectivity index (χ0) is 19.2. The number of benzene rings is 1. The molecule has 1 aliphatic rings. The number of aliphatic carboxylic acids is 1. The number of hydrogen-bond acceptors (Lipinski definition) is 3. The summed E-state index contributed by atoms with van der Waals surface area (Å²) in [7, 11) is 0. The number of carboxylic acids is 1. The van der Waals surface area contributed by atoms with Crippen LogP contribution in [-0.4, -0.2) is 39.7 Å². The summed E-state index contributed by atoms with van der Waals surface area (Å²) in [6.07, 6.45) is 2.94. The molecule has 7 heteroatoms. The SMILES string of the molecule is O=C(O)C1CCCN(C(=O)NC(Cn2ccccc2=O)c2ccccc2)C1. The molecule has 142 valence electrons. The molecule has 2 atom stereocenters. The predicted molar refractivity (Wildman–Crippen MR) is 100 cm³/mol. The summed E-state index contributed by atoms with van der Waals surface area (Å²) < 4.78 is 1.55. The lowest BCUT2D eigenvalue weighted by Gasteiger charge is -2.32. The fraction of sp³-hybridized carbons (Fsp3) is 0.350. The summed E-state index contributed by atoms with van der Waals surface area (Å²) in [5.74, 6) is -1.40. The second-order valence-corrected chi connectivity index (χ2v) is 6.73. The van der Waals surface area contributed by atoms with Gasteiger partial charge in [-0.2, -0.15) is 0 Å². The smallest absolute Gasteiger partial charge is 0.317 e. The molecular weight excluding hydrogens is 346 g/mol. The van der Waals surface area contributed by atoms with Crippen LogP contribution >= 0.6 is 0 Å². The van der Waals surface area contributed by atoms with E-state index in [1.165, 1.54) is 6.07 Å². The van der Waals surface area contributed by atoms with Gasteiger partial charge in [-0.3, -0.25) is 9.59 Å². The molecule has 0 saturated carbocycles. The van der Waals surface area contributed by atoms with Crippen molar-refractivity contribution in [3.8, 4) is 0 Å². The number of aromatic nitrogens is 1. The molecule has 2 amide bonds. The molecule has 2 aromatic rings. The van der Waals surface area contributed by atoms with Crippen molar-refractivity contribution in [1.82, 2.24) is 14.8 Å². The number of likely N-dealkylation sites (tertiary alicyclic amines) is 1. The molecular formula is C20H23N3O4. The Morgan fingerprint density at radius 3 is 2.59 bits per heavy atom. The van der Waals surface area contributed by atoms with Gasteiger partial charge in [-0.15, -0.1) is 0 Å². The first kappa shape index (κ1) is 18.7. The largest absolute Gasteiger partial charge is 0.481 e. The minimum Gasteiger partial charge on any atom is -0.481 e. The summed E-state index contributed by atoms with van der Waals surface area (Å²) in [5.41, 5.74) is 0.741. The van der Waals surface area contributed by atoms with E-state index < -0.39 is 17.9 Å². The van der Waals surface area contributed by atoms with Crippen molar-refractivity contribution in [3.05, 3.63) is 70.6 Å². The summed E-state index contributed by atoms with van der Waals surface area (Å²) in [6, 6.07) is 13.7. The monoisotopic (exact) mass is 369 g/mol. The van der Waals surface area contributed by atoms with Crippen molar-refractivity contribution in [3.63, 3.8) is 0 Å². The van der Waals surface area contributed by atoms with Crippen LogP contribution in [0.25, 0.3) is 0 Å². The Morgan fingerprint density at radius 2 is 1.89 bits per heavy atom. The molecule has 2 N–H and O–H groups in total. The molecule has 27 heavy (non-hydrogen) atoms. The molecule has 2 heterocycles. The van der Waals surface area contributed by atoms with Crippen LogP contribution in [0.4, 0.5) is 4.79 Å². The van der Waals surface area contributed by atoms with Crippen LogP contribution in [0.3, 0.4) is 0 Å². The Bertz CT molecular complexity index is 850. The Hall–Kier alpha value is -3.09. The van der Waals surface area contributed by atoms with Crippen LogP contribution in [0, 0.1) is 5.92 Å². The molecule has 1 aliphatic heterocycles. The molecule has 0 spiro atoms. The zero-order valence-electron chi connectivity index (χ0n) is 15.0. The molecule has 1 aromatic heterocycles. The number of carboxylic acid groups (broad SMARTS) is 1. The Balaban J connectivity index is 1.77. The van der Waals surface area contributed by atoms with E-state index >= 15 is 0 Å². The molecule has 2 unspecified atom stereocenters. The highest BCUT2D eigenvalue weighted by Crippen LogP contribution is 2.19. The van der Waals surface area contributed by atoms with Crippen molar-refractivity contribution in [1.29, 1.82) is 0 Å². The number of piperidine rings is 1. The molecule has 1 aromatic carbocycles. The number of pyridine rings is 1. The minimum atomic E-state index is -0.872. The minimum absolute atomic E-state index is 0.142. The maximum Gasteiger partial charge on any atom is 0.317 e. The number of nitrogens with one attached hydrogen (secondary N) is 1. The third-order valence-corrected chi connectivity index (χ3v) is 4.84. The van der Waals surface area contributed by atoms with Crippen LogP contribution in [0.1, 0.15) is 24.4 Å². The van der Waals surface area contributed by atoms with Gasteiger partial charge in [0.25, 0.3) is 5.56 Å². The quantitative estimate of drug-likeness (QED) is 0.844. The van der Waals surface area contributed by atoms with Crippen LogP contribution in [0.5, 0.6) is 0 Å². The number of urea groups is 1. The van der Waals surface area contributed by atoms with E-state index in [0.717, 1.165) is 5.56 Å². The van der Waals surface area contributed by atoms with Gasteiger partial charge in [0, 0.05) is 25.4 Å². The first-order valence-electron chi connectivity index (χ1n) is 9.03. The number of rotatable bonds is 5. The van der Waals surface area contributed by atoms with Gasteiger partial charge in [0.15, 0.2) is 0 Å². The average molecular weight is 369 g/mol. The van der Waals surface area contributed by atoms with Gasteiger partial charge < -0.3 is 19.9 Å². The van der Waals surface area contributed by atoms with Crippen molar-refractivity contribution in [2.45, 2.75) is 25.4 Å². The van der Waals surface area contributed by atoms with Gasteiger partial charge >= 0.3 is 12.0 Å². The fourth-order valence-electron chi connectivity index (χ4n) is 3.33. The molecule has 0 bridgehead atoms. The third-order valence-electron chi connectivity index (χ3n) is 4.84. The lowest BCUT2D eigenvalue weighted by Crippen LogP contribution is -2.48. The normalized spacial score (nSPS) is 17.9.